The van der Waals surface area contributed by atoms with Crippen molar-refractivity contribution in [1.82, 2.24) is 9.80 Å². The van der Waals surface area contributed by atoms with Crippen LogP contribution in [0, 0.1) is 5.92 Å². The molecule has 116 valence electrons. The van der Waals surface area contributed by atoms with Crippen LogP contribution in [-0.2, 0) is 4.79 Å². The minimum Gasteiger partial charge on any atom is -0.480 e. The summed E-state index contributed by atoms with van der Waals surface area (Å²) in [6.07, 6.45) is 0.820. The lowest BCUT2D eigenvalue weighted by Crippen LogP contribution is -2.56. The van der Waals surface area contributed by atoms with Gasteiger partial charge in [-0.15, -0.1) is 11.8 Å². The first-order chi connectivity index (χ1) is 9.13. The SMILES string of the molecule is CCC(C)(C)N(C)C(=O)N1C(C(=O)O)CSC1C(C)C. The van der Waals surface area contributed by atoms with E-state index in [1.54, 1.807) is 28.6 Å². The maximum Gasteiger partial charge on any atom is 0.327 e. The van der Waals surface area contributed by atoms with Crippen LogP contribution in [0.25, 0.3) is 0 Å². The molecule has 0 bridgehead atoms. The van der Waals surface area contributed by atoms with Gasteiger partial charge in [-0.05, 0) is 26.2 Å². The van der Waals surface area contributed by atoms with Crippen molar-refractivity contribution in [3.05, 3.63) is 0 Å². The fourth-order valence-electron chi connectivity index (χ4n) is 2.14. The molecule has 0 aromatic rings. The van der Waals surface area contributed by atoms with Crippen LogP contribution in [0.2, 0.25) is 0 Å². The Hall–Kier alpha value is -0.910. The highest BCUT2D eigenvalue weighted by Gasteiger charge is 2.45. The number of thioether (sulfide) groups is 1. The highest BCUT2D eigenvalue weighted by Crippen LogP contribution is 2.35. The number of nitrogens with zero attached hydrogens (tertiary/aromatic N) is 2. The molecule has 20 heavy (non-hydrogen) atoms. The molecule has 0 spiro atoms. The second-order valence-corrected chi connectivity index (χ2v) is 7.39. The molecule has 0 saturated carbocycles. The molecule has 1 aliphatic rings. The van der Waals surface area contributed by atoms with Gasteiger partial charge in [-0.2, -0.15) is 0 Å². The summed E-state index contributed by atoms with van der Waals surface area (Å²) in [5, 5.41) is 9.28. The molecule has 5 nitrogen and oxygen atoms in total. The van der Waals surface area contributed by atoms with E-state index in [4.69, 9.17) is 0 Å². The number of hydrogen-bond acceptors (Lipinski definition) is 3. The molecule has 1 aliphatic heterocycles. The van der Waals surface area contributed by atoms with Crippen molar-refractivity contribution in [3.63, 3.8) is 0 Å². The number of carbonyl (C=O) groups is 2. The van der Waals surface area contributed by atoms with Crippen LogP contribution in [0.1, 0.15) is 41.0 Å². The largest absolute Gasteiger partial charge is 0.480 e. The number of urea groups is 1. The smallest absolute Gasteiger partial charge is 0.327 e. The quantitative estimate of drug-likeness (QED) is 0.867. The highest BCUT2D eigenvalue weighted by molar-refractivity contribution is 8.00. The lowest BCUT2D eigenvalue weighted by molar-refractivity contribution is -0.141. The topological polar surface area (TPSA) is 60.9 Å². The molecule has 1 N–H and O–H groups in total. The first kappa shape index (κ1) is 17.1. The zero-order valence-electron chi connectivity index (χ0n) is 13.2. The predicted octanol–water partition coefficient (Wildman–Crippen LogP) is 2.71. The third-order valence-corrected chi connectivity index (χ3v) is 5.79. The highest BCUT2D eigenvalue weighted by atomic mass is 32.2. The van der Waals surface area contributed by atoms with Gasteiger partial charge in [0.1, 0.15) is 6.04 Å². The zero-order chi connectivity index (χ0) is 15.7. The fraction of sp³-hybridized carbons (Fsp3) is 0.857. The van der Waals surface area contributed by atoms with Gasteiger partial charge < -0.3 is 10.0 Å². The van der Waals surface area contributed by atoms with Crippen molar-refractivity contribution in [2.75, 3.05) is 12.8 Å². The van der Waals surface area contributed by atoms with E-state index in [1.807, 2.05) is 34.6 Å². The first-order valence-electron chi connectivity index (χ1n) is 7.04. The Kier molecular flexibility index (Phi) is 5.35. The van der Waals surface area contributed by atoms with Crippen molar-refractivity contribution in [1.29, 1.82) is 0 Å². The normalized spacial score (nSPS) is 23.2. The third-order valence-electron chi connectivity index (χ3n) is 4.17. The number of amides is 2. The van der Waals surface area contributed by atoms with E-state index in [-0.39, 0.29) is 22.9 Å². The second kappa shape index (κ2) is 6.24. The van der Waals surface area contributed by atoms with E-state index < -0.39 is 12.0 Å². The van der Waals surface area contributed by atoms with Crippen LogP contribution < -0.4 is 0 Å². The zero-order valence-corrected chi connectivity index (χ0v) is 14.0. The lowest BCUT2D eigenvalue weighted by atomic mass is 10.0. The number of carboxylic acid groups (broad SMARTS) is 1. The van der Waals surface area contributed by atoms with Crippen LogP contribution in [0.15, 0.2) is 0 Å². The van der Waals surface area contributed by atoms with Crippen LogP contribution in [-0.4, -0.2) is 56.7 Å². The molecule has 1 saturated heterocycles. The Morgan fingerprint density at radius 2 is 2.00 bits per heavy atom. The summed E-state index contributed by atoms with van der Waals surface area (Å²) >= 11 is 1.56. The van der Waals surface area contributed by atoms with Gasteiger partial charge in [0.15, 0.2) is 0 Å². The molecule has 2 atom stereocenters. The van der Waals surface area contributed by atoms with E-state index in [2.05, 4.69) is 0 Å². The Morgan fingerprint density at radius 3 is 2.40 bits per heavy atom. The molecule has 2 amide bonds. The summed E-state index contributed by atoms with van der Waals surface area (Å²) in [7, 11) is 1.76. The monoisotopic (exact) mass is 302 g/mol. The molecule has 1 fully saturated rings. The molecule has 1 rings (SSSR count). The summed E-state index contributed by atoms with van der Waals surface area (Å²) in [6.45, 7) is 10.1. The van der Waals surface area contributed by atoms with Crippen molar-refractivity contribution >= 4 is 23.8 Å². The minimum absolute atomic E-state index is 0.0706. The van der Waals surface area contributed by atoms with Gasteiger partial charge in [-0.25, -0.2) is 9.59 Å². The van der Waals surface area contributed by atoms with E-state index in [0.29, 0.717) is 5.75 Å². The molecule has 1 heterocycles. The first-order valence-corrected chi connectivity index (χ1v) is 8.09. The molecule has 2 unspecified atom stereocenters. The summed E-state index contributed by atoms with van der Waals surface area (Å²) < 4.78 is 0. The van der Waals surface area contributed by atoms with E-state index in [0.717, 1.165) is 6.42 Å². The number of aliphatic carboxylic acids is 1. The summed E-state index contributed by atoms with van der Waals surface area (Å²) in [4.78, 5) is 27.4. The Balaban J connectivity index is 3.03. The predicted molar refractivity (Wildman–Crippen MR) is 81.9 cm³/mol. The molecule has 0 aromatic heterocycles. The Labute approximate surface area is 125 Å². The summed E-state index contributed by atoms with van der Waals surface area (Å²) in [5.41, 5.74) is -0.283. The van der Waals surface area contributed by atoms with Gasteiger partial charge in [0.25, 0.3) is 0 Å². The number of rotatable bonds is 4. The summed E-state index contributed by atoms with van der Waals surface area (Å²) in [5.74, 6) is -0.229. The van der Waals surface area contributed by atoms with Crippen LogP contribution in [0.4, 0.5) is 4.79 Å². The third kappa shape index (κ3) is 3.22. The molecule has 0 aromatic carbocycles. The fourth-order valence-corrected chi connectivity index (χ4v) is 3.61. The van der Waals surface area contributed by atoms with Gasteiger partial charge in [0.05, 0.1) is 5.37 Å². The second-order valence-electron chi connectivity index (χ2n) is 6.24. The lowest BCUT2D eigenvalue weighted by Gasteiger charge is -2.40. The molecular weight excluding hydrogens is 276 g/mol. The van der Waals surface area contributed by atoms with Crippen LogP contribution in [0.3, 0.4) is 0 Å². The van der Waals surface area contributed by atoms with Crippen LogP contribution >= 0.6 is 11.8 Å². The molecule has 6 heteroatoms. The average molecular weight is 302 g/mol. The van der Waals surface area contributed by atoms with Gasteiger partial charge in [-0.3, -0.25) is 4.90 Å². The summed E-state index contributed by atoms with van der Waals surface area (Å²) in [6, 6.07) is -0.914. The molecule has 0 aliphatic carbocycles. The minimum atomic E-state index is -0.920. The van der Waals surface area contributed by atoms with Gasteiger partial charge in [0.2, 0.25) is 0 Å². The van der Waals surface area contributed by atoms with Crippen molar-refractivity contribution < 1.29 is 14.7 Å². The van der Waals surface area contributed by atoms with Gasteiger partial charge >= 0.3 is 12.0 Å². The maximum absolute atomic E-state index is 12.8. The van der Waals surface area contributed by atoms with E-state index in [9.17, 15) is 14.7 Å². The van der Waals surface area contributed by atoms with Crippen molar-refractivity contribution in [2.45, 2.75) is 58.0 Å². The Bertz CT molecular complexity index is 385. The van der Waals surface area contributed by atoms with Gasteiger partial charge in [-0.1, -0.05) is 20.8 Å². The van der Waals surface area contributed by atoms with Crippen molar-refractivity contribution in [2.24, 2.45) is 5.92 Å². The van der Waals surface area contributed by atoms with E-state index in [1.165, 1.54) is 0 Å². The number of carboxylic acids is 1. The maximum atomic E-state index is 12.8. The average Bonchev–Trinajstić information content (AvgIpc) is 2.81. The van der Waals surface area contributed by atoms with Crippen LogP contribution in [0.5, 0.6) is 0 Å². The molecule has 0 radical (unpaired) electrons. The number of hydrogen-bond donors (Lipinski definition) is 1. The van der Waals surface area contributed by atoms with Crippen molar-refractivity contribution in [3.8, 4) is 0 Å². The number of carbonyl (C=O) groups excluding carboxylic acids is 1. The van der Waals surface area contributed by atoms with Gasteiger partial charge in [0, 0.05) is 18.3 Å². The van der Waals surface area contributed by atoms with E-state index >= 15 is 0 Å². The molecular formula is C14H26N2O3S. The standard InChI is InChI=1S/C14H26N2O3S/c1-7-14(4,5)15(6)13(19)16-10(12(17)18)8-20-11(16)9(2)3/h9-11H,7-8H2,1-6H3,(H,17,18). The Morgan fingerprint density at radius 1 is 1.45 bits per heavy atom.